The molecule has 6 nitrogen and oxygen atoms in total. The van der Waals surface area contributed by atoms with Gasteiger partial charge < -0.3 is 15.7 Å². The number of hydrogen-bond acceptors (Lipinski definition) is 6. The van der Waals surface area contributed by atoms with Crippen molar-refractivity contribution in [3.8, 4) is 17.0 Å². The molecule has 2 aromatic heterocycles. The Bertz CT molecular complexity index is 776. The molecule has 0 amide bonds. The summed E-state index contributed by atoms with van der Waals surface area (Å²) in [6.45, 7) is 0. The SMILES string of the molecule is CNc1nc(Nc2cccc(O)c2)cc(-c2cccnc2)n1. The van der Waals surface area contributed by atoms with Crippen LogP contribution in [0.4, 0.5) is 17.5 Å². The topological polar surface area (TPSA) is 83.0 Å². The Hall–Kier alpha value is -3.15. The molecule has 0 aliphatic carbocycles. The highest BCUT2D eigenvalue weighted by atomic mass is 16.3. The number of hydrogen-bond donors (Lipinski definition) is 3. The summed E-state index contributed by atoms with van der Waals surface area (Å²) in [6, 6.07) is 12.5. The second kappa shape index (κ2) is 6.09. The predicted molar refractivity (Wildman–Crippen MR) is 86.2 cm³/mol. The third kappa shape index (κ3) is 3.12. The molecule has 3 N–H and O–H groups in total. The minimum absolute atomic E-state index is 0.195. The Kier molecular flexibility index (Phi) is 3.82. The van der Waals surface area contributed by atoms with Gasteiger partial charge in [-0.05, 0) is 24.3 Å². The summed E-state index contributed by atoms with van der Waals surface area (Å²) in [5.41, 5.74) is 2.41. The molecule has 2 heterocycles. The lowest BCUT2D eigenvalue weighted by molar-refractivity contribution is 0.475. The molecular weight excluding hydrogens is 278 g/mol. The van der Waals surface area contributed by atoms with Gasteiger partial charge in [0.15, 0.2) is 0 Å². The lowest BCUT2D eigenvalue weighted by Gasteiger charge is -2.10. The maximum absolute atomic E-state index is 9.53. The molecular formula is C16H15N5O. The van der Waals surface area contributed by atoms with Gasteiger partial charge >= 0.3 is 0 Å². The van der Waals surface area contributed by atoms with Crippen LogP contribution in [0.15, 0.2) is 54.9 Å². The van der Waals surface area contributed by atoms with Gasteiger partial charge in [-0.25, -0.2) is 4.98 Å². The van der Waals surface area contributed by atoms with Gasteiger partial charge in [0.1, 0.15) is 11.6 Å². The molecule has 0 bridgehead atoms. The molecule has 110 valence electrons. The number of anilines is 3. The molecule has 0 saturated carbocycles. The van der Waals surface area contributed by atoms with Crippen LogP contribution in [0.3, 0.4) is 0 Å². The number of aromatic nitrogens is 3. The Labute approximate surface area is 127 Å². The van der Waals surface area contributed by atoms with Crippen LogP contribution in [0, 0.1) is 0 Å². The van der Waals surface area contributed by atoms with E-state index in [1.807, 2.05) is 24.3 Å². The van der Waals surface area contributed by atoms with E-state index in [1.165, 1.54) is 0 Å². The van der Waals surface area contributed by atoms with E-state index in [9.17, 15) is 5.11 Å². The van der Waals surface area contributed by atoms with E-state index in [2.05, 4.69) is 25.6 Å². The zero-order chi connectivity index (χ0) is 15.4. The number of phenols is 1. The Morgan fingerprint density at radius 2 is 1.95 bits per heavy atom. The van der Waals surface area contributed by atoms with E-state index in [4.69, 9.17) is 0 Å². The third-order valence-electron chi connectivity index (χ3n) is 3.03. The minimum atomic E-state index is 0.195. The van der Waals surface area contributed by atoms with E-state index in [0.717, 1.165) is 16.9 Å². The summed E-state index contributed by atoms with van der Waals surface area (Å²) in [5.74, 6) is 1.33. The van der Waals surface area contributed by atoms with Crippen LogP contribution >= 0.6 is 0 Å². The Morgan fingerprint density at radius 1 is 1.05 bits per heavy atom. The molecule has 0 fully saturated rings. The van der Waals surface area contributed by atoms with Crippen molar-refractivity contribution in [3.05, 3.63) is 54.9 Å². The van der Waals surface area contributed by atoms with Gasteiger partial charge in [0, 0.05) is 42.8 Å². The number of nitrogens with one attached hydrogen (secondary N) is 2. The van der Waals surface area contributed by atoms with Crippen molar-refractivity contribution in [1.29, 1.82) is 0 Å². The van der Waals surface area contributed by atoms with Gasteiger partial charge in [0.05, 0.1) is 5.69 Å². The third-order valence-corrected chi connectivity index (χ3v) is 3.03. The highest BCUT2D eigenvalue weighted by Crippen LogP contribution is 2.24. The van der Waals surface area contributed by atoms with Crippen molar-refractivity contribution in [2.45, 2.75) is 0 Å². The first-order chi connectivity index (χ1) is 10.7. The zero-order valence-corrected chi connectivity index (χ0v) is 12.0. The first-order valence-electron chi connectivity index (χ1n) is 6.78. The molecule has 3 rings (SSSR count). The maximum Gasteiger partial charge on any atom is 0.224 e. The molecule has 0 radical (unpaired) electrons. The first-order valence-corrected chi connectivity index (χ1v) is 6.78. The fraction of sp³-hybridized carbons (Fsp3) is 0.0625. The van der Waals surface area contributed by atoms with Gasteiger partial charge in [0.2, 0.25) is 5.95 Å². The first kappa shape index (κ1) is 13.8. The smallest absolute Gasteiger partial charge is 0.224 e. The minimum Gasteiger partial charge on any atom is -0.508 e. The number of aromatic hydroxyl groups is 1. The van der Waals surface area contributed by atoms with Crippen molar-refractivity contribution in [2.75, 3.05) is 17.7 Å². The van der Waals surface area contributed by atoms with Gasteiger partial charge in [0.25, 0.3) is 0 Å². The number of benzene rings is 1. The largest absolute Gasteiger partial charge is 0.508 e. The molecule has 1 aromatic carbocycles. The van der Waals surface area contributed by atoms with E-state index in [1.54, 1.807) is 37.6 Å². The predicted octanol–water partition coefficient (Wildman–Crippen LogP) is 3.03. The van der Waals surface area contributed by atoms with E-state index >= 15 is 0 Å². The van der Waals surface area contributed by atoms with Crippen LogP contribution in [0.1, 0.15) is 0 Å². The summed E-state index contributed by atoms with van der Waals surface area (Å²) in [5, 5.41) is 15.6. The number of rotatable bonds is 4. The summed E-state index contributed by atoms with van der Waals surface area (Å²) < 4.78 is 0. The number of nitrogens with zero attached hydrogens (tertiary/aromatic N) is 3. The fourth-order valence-corrected chi connectivity index (χ4v) is 2.02. The van der Waals surface area contributed by atoms with E-state index in [-0.39, 0.29) is 5.75 Å². The van der Waals surface area contributed by atoms with Crippen molar-refractivity contribution in [2.24, 2.45) is 0 Å². The molecule has 22 heavy (non-hydrogen) atoms. The van der Waals surface area contributed by atoms with Crippen LogP contribution in [-0.4, -0.2) is 27.1 Å². The average Bonchev–Trinajstić information content (AvgIpc) is 2.55. The Balaban J connectivity index is 1.97. The second-order valence-corrected chi connectivity index (χ2v) is 4.63. The lowest BCUT2D eigenvalue weighted by atomic mass is 10.2. The Morgan fingerprint density at radius 3 is 2.68 bits per heavy atom. The van der Waals surface area contributed by atoms with Crippen LogP contribution in [0.2, 0.25) is 0 Å². The molecule has 0 atom stereocenters. The highest BCUT2D eigenvalue weighted by Gasteiger charge is 2.06. The summed E-state index contributed by atoms with van der Waals surface area (Å²) in [6.07, 6.45) is 3.47. The van der Waals surface area contributed by atoms with Gasteiger partial charge in [-0.2, -0.15) is 4.98 Å². The number of phenolic OH excluding ortho intramolecular Hbond substituents is 1. The van der Waals surface area contributed by atoms with E-state index in [0.29, 0.717) is 11.8 Å². The fourth-order valence-electron chi connectivity index (χ4n) is 2.02. The summed E-state index contributed by atoms with van der Waals surface area (Å²) in [4.78, 5) is 12.9. The van der Waals surface area contributed by atoms with Gasteiger partial charge in [-0.15, -0.1) is 0 Å². The monoisotopic (exact) mass is 293 g/mol. The quantitative estimate of drug-likeness (QED) is 0.686. The molecule has 0 unspecified atom stereocenters. The molecule has 0 spiro atoms. The highest BCUT2D eigenvalue weighted by molar-refractivity contribution is 5.67. The molecule has 0 aliphatic rings. The van der Waals surface area contributed by atoms with Crippen molar-refractivity contribution >= 4 is 17.5 Å². The van der Waals surface area contributed by atoms with Crippen LogP contribution in [0.5, 0.6) is 5.75 Å². The average molecular weight is 293 g/mol. The lowest BCUT2D eigenvalue weighted by Crippen LogP contribution is -2.02. The van der Waals surface area contributed by atoms with Gasteiger partial charge in [-0.3, -0.25) is 4.98 Å². The van der Waals surface area contributed by atoms with Crippen LogP contribution in [-0.2, 0) is 0 Å². The summed E-state index contributed by atoms with van der Waals surface area (Å²) in [7, 11) is 1.76. The maximum atomic E-state index is 9.53. The molecule has 6 heteroatoms. The van der Waals surface area contributed by atoms with Gasteiger partial charge in [-0.1, -0.05) is 6.07 Å². The molecule has 3 aromatic rings. The zero-order valence-electron chi connectivity index (χ0n) is 12.0. The number of pyridine rings is 1. The standard InChI is InChI=1S/C16H15N5O/c1-17-16-20-14(11-4-3-7-18-10-11)9-15(21-16)19-12-5-2-6-13(22)8-12/h2-10,22H,1H3,(H2,17,19,20,21). The van der Waals surface area contributed by atoms with Crippen molar-refractivity contribution in [1.82, 2.24) is 15.0 Å². The molecule has 0 aliphatic heterocycles. The van der Waals surface area contributed by atoms with Crippen LogP contribution < -0.4 is 10.6 Å². The van der Waals surface area contributed by atoms with Crippen molar-refractivity contribution < 1.29 is 5.11 Å². The molecule has 0 saturated heterocycles. The van der Waals surface area contributed by atoms with Crippen molar-refractivity contribution in [3.63, 3.8) is 0 Å². The van der Waals surface area contributed by atoms with E-state index < -0.39 is 0 Å². The second-order valence-electron chi connectivity index (χ2n) is 4.63. The normalized spacial score (nSPS) is 10.2. The summed E-state index contributed by atoms with van der Waals surface area (Å²) >= 11 is 0. The van der Waals surface area contributed by atoms with Crippen LogP contribution in [0.25, 0.3) is 11.3 Å².